The van der Waals surface area contributed by atoms with Crippen molar-refractivity contribution in [3.8, 4) is 17.2 Å². The van der Waals surface area contributed by atoms with E-state index in [1.165, 1.54) is 21.3 Å². The zero-order valence-corrected chi connectivity index (χ0v) is 20.7. The van der Waals surface area contributed by atoms with Crippen molar-refractivity contribution in [3.05, 3.63) is 42.0 Å². The lowest BCUT2D eigenvalue weighted by Gasteiger charge is -2.38. The third-order valence-corrected chi connectivity index (χ3v) is 6.27. The summed E-state index contributed by atoms with van der Waals surface area (Å²) in [6.45, 7) is 4.39. The normalized spacial score (nSPS) is 17.3. The molecular formula is C26H31N3O6. The van der Waals surface area contributed by atoms with Crippen molar-refractivity contribution in [2.24, 2.45) is 5.92 Å². The van der Waals surface area contributed by atoms with E-state index in [9.17, 15) is 9.59 Å². The van der Waals surface area contributed by atoms with Gasteiger partial charge in [-0.15, -0.1) is 0 Å². The maximum atomic E-state index is 13.9. The van der Waals surface area contributed by atoms with Crippen LogP contribution in [0.25, 0.3) is 11.0 Å². The number of carbonyl (C=O) groups is 2. The lowest BCUT2D eigenvalue weighted by atomic mass is 9.88. The number of esters is 1. The van der Waals surface area contributed by atoms with Gasteiger partial charge in [-0.25, -0.2) is 4.98 Å². The monoisotopic (exact) mass is 481 g/mol. The van der Waals surface area contributed by atoms with Crippen LogP contribution in [0.4, 0.5) is 5.95 Å². The molecular weight excluding hydrogens is 450 g/mol. The average molecular weight is 482 g/mol. The number of nitrogens with zero attached hydrogens (tertiary/aromatic N) is 3. The summed E-state index contributed by atoms with van der Waals surface area (Å²) in [7, 11) is 4.57. The van der Waals surface area contributed by atoms with Crippen molar-refractivity contribution < 1.29 is 28.5 Å². The van der Waals surface area contributed by atoms with Crippen molar-refractivity contribution >= 4 is 28.9 Å². The van der Waals surface area contributed by atoms with Crippen LogP contribution in [0.15, 0.2) is 36.4 Å². The molecule has 1 amide bonds. The first-order valence-corrected chi connectivity index (χ1v) is 11.8. The SMILES string of the molecule is CCCCN1C(=O)[C@@H](C(=O)OCC)[C@H](c2ccc(OC)c(OC)c2OC)n2c1nc1ccccc12. The predicted molar refractivity (Wildman–Crippen MR) is 131 cm³/mol. The lowest BCUT2D eigenvalue weighted by Crippen LogP contribution is -2.50. The summed E-state index contributed by atoms with van der Waals surface area (Å²) >= 11 is 0. The summed E-state index contributed by atoms with van der Waals surface area (Å²) in [6.07, 6.45) is 1.66. The van der Waals surface area contributed by atoms with Gasteiger partial charge in [0.1, 0.15) is 0 Å². The maximum absolute atomic E-state index is 13.9. The maximum Gasteiger partial charge on any atom is 0.321 e. The fourth-order valence-corrected chi connectivity index (χ4v) is 4.71. The summed E-state index contributed by atoms with van der Waals surface area (Å²) in [5.74, 6) is -0.350. The summed E-state index contributed by atoms with van der Waals surface area (Å²) in [4.78, 5) is 33.7. The second kappa shape index (κ2) is 10.2. The number of benzene rings is 2. The average Bonchev–Trinajstić information content (AvgIpc) is 3.25. The Hall–Kier alpha value is -3.75. The highest BCUT2D eigenvalue weighted by Gasteiger charge is 2.49. The first-order chi connectivity index (χ1) is 17.0. The summed E-state index contributed by atoms with van der Waals surface area (Å²) in [5.41, 5.74) is 2.12. The molecule has 2 aromatic carbocycles. The van der Waals surface area contributed by atoms with Gasteiger partial charge in [-0.05, 0) is 37.6 Å². The van der Waals surface area contributed by atoms with E-state index >= 15 is 0 Å². The quantitative estimate of drug-likeness (QED) is 0.337. The van der Waals surface area contributed by atoms with Crippen molar-refractivity contribution in [3.63, 3.8) is 0 Å². The Balaban J connectivity index is 2.05. The number of anilines is 1. The van der Waals surface area contributed by atoms with Crippen molar-refractivity contribution in [1.29, 1.82) is 0 Å². The van der Waals surface area contributed by atoms with E-state index in [-0.39, 0.29) is 12.5 Å². The molecule has 0 N–H and O–H groups in total. The van der Waals surface area contributed by atoms with Crippen LogP contribution >= 0.6 is 0 Å². The zero-order chi connectivity index (χ0) is 25.1. The van der Waals surface area contributed by atoms with Gasteiger partial charge < -0.3 is 23.5 Å². The standard InChI is InChI=1S/C26H31N3O6/c1-6-8-15-28-24(30)20(25(31)35-7-2)21(29-18-12-10-9-11-17(18)27-26(28)29)16-13-14-19(32-3)23(34-5)22(16)33-4/h9-14,20-21H,6-8,15H2,1-5H3/t20-,21-/m0/s1. The molecule has 2 atom stereocenters. The first-order valence-electron chi connectivity index (χ1n) is 11.8. The van der Waals surface area contributed by atoms with Crippen molar-refractivity contribution in [2.75, 3.05) is 39.4 Å². The molecule has 0 radical (unpaired) electrons. The number of rotatable bonds is 9. The molecule has 0 saturated carbocycles. The number of methoxy groups -OCH3 is 3. The molecule has 0 bridgehead atoms. The minimum atomic E-state index is -1.14. The van der Waals surface area contributed by atoms with Crippen LogP contribution in [-0.4, -0.2) is 55.9 Å². The highest BCUT2D eigenvalue weighted by molar-refractivity contribution is 6.08. The van der Waals surface area contributed by atoms with E-state index in [1.807, 2.05) is 28.8 Å². The first kappa shape index (κ1) is 24.4. The van der Waals surface area contributed by atoms with Crippen molar-refractivity contribution in [2.45, 2.75) is 32.7 Å². The molecule has 1 aliphatic heterocycles. The fourth-order valence-electron chi connectivity index (χ4n) is 4.71. The number of hydrogen-bond donors (Lipinski definition) is 0. The molecule has 3 aromatic rings. The van der Waals surface area contributed by atoms with Gasteiger partial charge in [0.15, 0.2) is 17.4 Å². The molecule has 0 fully saturated rings. The molecule has 0 spiro atoms. The second-order valence-electron chi connectivity index (χ2n) is 8.21. The Bertz CT molecular complexity index is 1240. The topological polar surface area (TPSA) is 92.1 Å². The number of unbranched alkanes of at least 4 members (excludes halogenated alkanes) is 1. The molecule has 1 aliphatic rings. The summed E-state index contributed by atoms with van der Waals surface area (Å²) in [6, 6.07) is 10.4. The van der Waals surface area contributed by atoms with Gasteiger partial charge in [-0.2, -0.15) is 0 Å². The Morgan fingerprint density at radius 2 is 1.74 bits per heavy atom. The molecule has 1 aromatic heterocycles. The molecule has 35 heavy (non-hydrogen) atoms. The van der Waals surface area contributed by atoms with Crippen LogP contribution in [-0.2, 0) is 14.3 Å². The number of amides is 1. The molecule has 0 saturated heterocycles. The van der Waals surface area contributed by atoms with Gasteiger partial charge in [0.05, 0.1) is 45.0 Å². The van der Waals surface area contributed by atoms with E-state index in [0.717, 1.165) is 23.9 Å². The number of para-hydroxylation sites is 2. The minimum Gasteiger partial charge on any atom is -0.493 e. The smallest absolute Gasteiger partial charge is 0.321 e. The van der Waals surface area contributed by atoms with Gasteiger partial charge in [-0.1, -0.05) is 25.5 Å². The third kappa shape index (κ3) is 4.05. The van der Waals surface area contributed by atoms with Gasteiger partial charge >= 0.3 is 5.97 Å². The van der Waals surface area contributed by atoms with Crippen molar-refractivity contribution in [1.82, 2.24) is 9.55 Å². The third-order valence-electron chi connectivity index (χ3n) is 6.27. The summed E-state index contributed by atoms with van der Waals surface area (Å²) in [5, 5.41) is 0. The van der Waals surface area contributed by atoms with Gasteiger partial charge in [0, 0.05) is 12.1 Å². The van der Waals surface area contributed by atoms with Gasteiger partial charge in [-0.3, -0.25) is 14.5 Å². The molecule has 9 heteroatoms. The molecule has 9 nitrogen and oxygen atoms in total. The van der Waals surface area contributed by atoms with Crippen LogP contribution in [0, 0.1) is 5.92 Å². The number of fused-ring (bicyclic) bond motifs is 3. The van der Waals surface area contributed by atoms with Crippen LogP contribution in [0.2, 0.25) is 0 Å². The second-order valence-corrected chi connectivity index (χ2v) is 8.21. The Morgan fingerprint density at radius 1 is 1.00 bits per heavy atom. The van der Waals surface area contributed by atoms with E-state index in [0.29, 0.717) is 35.3 Å². The van der Waals surface area contributed by atoms with Crippen LogP contribution < -0.4 is 19.1 Å². The Labute approximate surface area is 204 Å². The molecule has 0 unspecified atom stereocenters. The highest BCUT2D eigenvalue weighted by atomic mass is 16.5. The van der Waals surface area contributed by atoms with E-state index < -0.39 is 17.9 Å². The zero-order valence-electron chi connectivity index (χ0n) is 20.7. The van der Waals surface area contributed by atoms with Gasteiger partial charge in [0.25, 0.3) is 0 Å². The number of ether oxygens (including phenoxy) is 4. The fraction of sp³-hybridized carbons (Fsp3) is 0.423. The molecule has 186 valence electrons. The van der Waals surface area contributed by atoms with Crippen LogP contribution in [0.5, 0.6) is 17.2 Å². The number of carbonyl (C=O) groups excluding carboxylic acids is 2. The minimum absolute atomic E-state index is 0.158. The number of hydrogen-bond acceptors (Lipinski definition) is 7. The van der Waals surface area contributed by atoms with Crippen LogP contribution in [0.1, 0.15) is 38.3 Å². The Kier molecular flexibility index (Phi) is 7.14. The van der Waals surface area contributed by atoms with Crippen LogP contribution in [0.3, 0.4) is 0 Å². The molecule has 2 heterocycles. The number of aromatic nitrogens is 2. The number of imidazole rings is 1. The predicted octanol–water partition coefficient (Wildman–Crippen LogP) is 3.98. The Morgan fingerprint density at radius 3 is 2.40 bits per heavy atom. The highest BCUT2D eigenvalue weighted by Crippen LogP contribution is 2.48. The molecule has 0 aliphatic carbocycles. The lowest BCUT2D eigenvalue weighted by molar-refractivity contribution is -0.153. The van der Waals surface area contributed by atoms with Gasteiger partial charge in [0.2, 0.25) is 17.6 Å². The summed E-state index contributed by atoms with van der Waals surface area (Å²) < 4.78 is 24.2. The largest absolute Gasteiger partial charge is 0.493 e. The van der Waals surface area contributed by atoms with E-state index in [4.69, 9.17) is 23.9 Å². The molecule has 4 rings (SSSR count). The van der Waals surface area contributed by atoms with E-state index in [2.05, 4.69) is 6.92 Å². The van der Waals surface area contributed by atoms with E-state index in [1.54, 1.807) is 24.0 Å².